The molecule has 34 heavy (non-hydrogen) atoms. The molecule has 1 aromatic carbocycles. The van der Waals surface area contributed by atoms with E-state index in [-0.39, 0.29) is 17.3 Å². The molecule has 0 amide bonds. The summed E-state index contributed by atoms with van der Waals surface area (Å²) in [4.78, 5) is 0. The molecule has 1 fully saturated rings. The van der Waals surface area contributed by atoms with Gasteiger partial charge in [0.05, 0.1) is 5.60 Å². The Hall–Kier alpha value is -1.02. The summed E-state index contributed by atoms with van der Waals surface area (Å²) in [5.41, 5.74) is 2.38. The molecular weight excluding hydrogens is 416 g/mol. The number of hydrogen-bond acceptors (Lipinski definition) is 2. The van der Waals surface area contributed by atoms with Gasteiger partial charge < -0.3 is 9.47 Å². The average Bonchev–Trinajstić information content (AvgIpc) is 2.66. The van der Waals surface area contributed by atoms with Crippen LogP contribution in [-0.2, 0) is 4.74 Å². The molecule has 196 valence electrons. The van der Waals surface area contributed by atoms with Crippen LogP contribution in [0.1, 0.15) is 145 Å². The third kappa shape index (κ3) is 9.92. The van der Waals surface area contributed by atoms with E-state index < -0.39 is 0 Å². The highest BCUT2D eigenvalue weighted by molar-refractivity contribution is 5.30. The molecule has 1 aliphatic rings. The Morgan fingerprint density at radius 3 is 1.91 bits per heavy atom. The predicted molar refractivity (Wildman–Crippen MR) is 148 cm³/mol. The minimum atomic E-state index is -0.148. The van der Waals surface area contributed by atoms with E-state index >= 15 is 0 Å². The van der Waals surface area contributed by atoms with Gasteiger partial charge >= 0.3 is 0 Å². The van der Waals surface area contributed by atoms with Crippen molar-refractivity contribution in [1.29, 1.82) is 0 Å². The molecule has 0 aliphatic heterocycles. The molecule has 0 saturated heterocycles. The fraction of sp³-hybridized carbons (Fsp3) is 0.812. The molecule has 2 heteroatoms. The van der Waals surface area contributed by atoms with Crippen LogP contribution in [0.5, 0.6) is 5.75 Å². The van der Waals surface area contributed by atoms with Crippen LogP contribution in [0, 0.1) is 16.2 Å². The van der Waals surface area contributed by atoms with Crippen molar-refractivity contribution >= 4 is 0 Å². The minimum absolute atomic E-state index is 0.0490. The van der Waals surface area contributed by atoms with Gasteiger partial charge in [-0.15, -0.1) is 0 Å². The van der Waals surface area contributed by atoms with Crippen molar-refractivity contribution < 1.29 is 9.47 Å². The quantitative estimate of drug-likeness (QED) is 0.222. The van der Waals surface area contributed by atoms with E-state index in [1.165, 1.54) is 50.5 Å². The SMILES string of the molecule is CCCC1(OC(CCCCC(C)(C)C)Oc2ccc(C(CC(C)(C)C)C(C)(C)C)cc2)CCC1. The second-order valence-corrected chi connectivity index (χ2v) is 14.5. The third-order valence-corrected chi connectivity index (χ3v) is 7.38. The summed E-state index contributed by atoms with van der Waals surface area (Å²) in [6.45, 7) is 23.4. The first-order valence-corrected chi connectivity index (χ1v) is 14.1. The van der Waals surface area contributed by atoms with Gasteiger partial charge in [-0.25, -0.2) is 0 Å². The van der Waals surface area contributed by atoms with Crippen LogP contribution in [0.2, 0.25) is 0 Å². The highest BCUT2D eigenvalue weighted by atomic mass is 16.7. The largest absolute Gasteiger partial charge is 0.465 e. The molecule has 0 radical (unpaired) electrons. The van der Waals surface area contributed by atoms with Crippen LogP contribution in [0.3, 0.4) is 0 Å². The van der Waals surface area contributed by atoms with E-state index in [9.17, 15) is 0 Å². The molecule has 0 spiro atoms. The smallest absolute Gasteiger partial charge is 0.200 e. The maximum atomic E-state index is 6.73. The van der Waals surface area contributed by atoms with E-state index in [4.69, 9.17) is 9.47 Å². The fourth-order valence-corrected chi connectivity index (χ4v) is 5.31. The maximum absolute atomic E-state index is 6.73. The second kappa shape index (κ2) is 11.8. The molecule has 2 unspecified atom stereocenters. The lowest BCUT2D eigenvalue weighted by molar-refractivity contribution is -0.208. The maximum Gasteiger partial charge on any atom is 0.200 e. The van der Waals surface area contributed by atoms with Gasteiger partial charge in [-0.05, 0) is 84.8 Å². The van der Waals surface area contributed by atoms with E-state index in [1.807, 2.05) is 0 Å². The summed E-state index contributed by atoms with van der Waals surface area (Å²) in [6.07, 6.45) is 11.6. The van der Waals surface area contributed by atoms with Crippen LogP contribution in [0.15, 0.2) is 24.3 Å². The zero-order chi connectivity index (χ0) is 25.6. The van der Waals surface area contributed by atoms with Gasteiger partial charge in [0.25, 0.3) is 0 Å². The summed E-state index contributed by atoms with van der Waals surface area (Å²) in [5, 5.41) is 0. The Morgan fingerprint density at radius 1 is 0.853 bits per heavy atom. The Bertz CT molecular complexity index is 707. The summed E-state index contributed by atoms with van der Waals surface area (Å²) in [6, 6.07) is 8.93. The summed E-state index contributed by atoms with van der Waals surface area (Å²) in [7, 11) is 0. The molecule has 1 aromatic rings. The lowest BCUT2D eigenvalue weighted by Gasteiger charge is -2.44. The summed E-state index contributed by atoms with van der Waals surface area (Å²) < 4.78 is 13.2. The third-order valence-electron chi connectivity index (χ3n) is 7.38. The topological polar surface area (TPSA) is 18.5 Å². The van der Waals surface area contributed by atoms with Crippen LogP contribution >= 0.6 is 0 Å². The highest BCUT2D eigenvalue weighted by Crippen LogP contribution is 2.44. The second-order valence-electron chi connectivity index (χ2n) is 14.5. The number of unbranched alkanes of at least 4 members (excludes halogenated alkanes) is 1. The first-order valence-electron chi connectivity index (χ1n) is 14.1. The van der Waals surface area contributed by atoms with Crippen molar-refractivity contribution in [1.82, 2.24) is 0 Å². The summed E-state index contributed by atoms with van der Waals surface area (Å²) >= 11 is 0. The normalized spacial score (nSPS) is 18.3. The molecule has 0 aromatic heterocycles. The lowest BCUT2D eigenvalue weighted by atomic mass is 9.69. The molecule has 0 heterocycles. The van der Waals surface area contributed by atoms with Gasteiger partial charge in [-0.1, -0.05) is 94.2 Å². The number of benzene rings is 1. The van der Waals surface area contributed by atoms with Gasteiger partial charge in [0.1, 0.15) is 5.75 Å². The molecule has 1 aliphatic carbocycles. The van der Waals surface area contributed by atoms with Crippen molar-refractivity contribution in [2.45, 2.75) is 151 Å². The minimum Gasteiger partial charge on any atom is -0.465 e. The number of hydrogen-bond donors (Lipinski definition) is 0. The highest BCUT2D eigenvalue weighted by Gasteiger charge is 2.40. The van der Waals surface area contributed by atoms with E-state index in [0.717, 1.165) is 25.0 Å². The molecule has 2 rings (SSSR count). The van der Waals surface area contributed by atoms with Crippen LogP contribution < -0.4 is 4.74 Å². The van der Waals surface area contributed by atoms with Crippen molar-refractivity contribution in [3.63, 3.8) is 0 Å². The van der Waals surface area contributed by atoms with Crippen LogP contribution in [0.25, 0.3) is 0 Å². The molecule has 0 N–H and O–H groups in total. The molecule has 2 nitrogen and oxygen atoms in total. The van der Waals surface area contributed by atoms with Crippen LogP contribution in [-0.4, -0.2) is 11.9 Å². The van der Waals surface area contributed by atoms with Gasteiger partial charge in [0.2, 0.25) is 0 Å². The zero-order valence-corrected chi connectivity index (χ0v) is 24.4. The van der Waals surface area contributed by atoms with E-state index in [1.54, 1.807) is 0 Å². The Morgan fingerprint density at radius 2 is 1.47 bits per heavy atom. The van der Waals surface area contributed by atoms with Crippen molar-refractivity contribution in [3.05, 3.63) is 29.8 Å². The van der Waals surface area contributed by atoms with Gasteiger partial charge in [-0.3, -0.25) is 0 Å². The molecular formula is C32H56O2. The fourth-order valence-electron chi connectivity index (χ4n) is 5.31. The van der Waals surface area contributed by atoms with Crippen LogP contribution in [0.4, 0.5) is 0 Å². The van der Waals surface area contributed by atoms with Crippen molar-refractivity contribution in [3.8, 4) is 5.75 Å². The summed E-state index contributed by atoms with van der Waals surface area (Å²) in [5.74, 6) is 1.47. The van der Waals surface area contributed by atoms with Crippen molar-refractivity contribution in [2.75, 3.05) is 0 Å². The van der Waals surface area contributed by atoms with Gasteiger partial charge in [0, 0.05) is 6.42 Å². The van der Waals surface area contributed by atoms with E-state index in [2.05, 4.69) is 93.5 Å². The number of ether oxygens (including phenoxy) is 2. The molecule has 0 bridgehead atoms. The monoisotopic (exact) mass is 472 g/mol. The Balaban J connectivity index is 2.11. The lowest BCUT2D eigenvalue weighted by Crippen LogP contribution is -2.44. The van der Waals surface area contributed by atoms with E-state index in [0.29, 0.717) is 16.7 Å². The van der Waals surface area contributed by atoms with Crippen molar-refractivity contribution in [2.24, 2.45) is 16.2 Å². The molecule has 2 atom stereocenters. The Labute approximate surface area is 212 Å². The first-order chi connectivity index (χ1) is 15.6. The average molecular weight is 473 g/mol. The predicted octanol–water partition coefficient (Wildman–Crippen LogP) is 10.3. The standard InChI is InChI=1S/C32H56O2/c1-11-20-32(22-14-23-32)34-28(15-12-13-21-29(2,3)4)33-26-18-16-25(17-19-26)27(31(8,9)10)24-30(5,6)7/h16-19,27-28H,11-15,20-24H2,1-10H3. The number of rotatable bonds is 12. The zero-order valence-electron chi connectivity index (χ0n) is 24.4. The first kappa shape index (κ1) is 29.2. The Kier molecular flexibility index (Phi) is 10.1. The van der Waals surface area contributed by atoms with Gasteiger partial charge in [0.15, 0.2) is 6.29 Å². The van der Waals surface area contributed by atoms with Gasteiger partial charge in [-0.2, -0.15) is 0 Å². The molecule has 1 saturated carbocycles.